The number of sulfonamides is 1. The summed E-state index contributed by atoms with van der Waals surface area (Å²) in [6.45, 7) is 6.58. The SMILES string of the molecule is CCc1ncc(S(=O)(=O)N(C)CC(C)(C)CN)[nH]1. The van der Waals surface area contributed by atoms with Crippen LogP contribution in [0.5, 0.6) is 0 Å². The van der Waals surface area contributed by atoms with Gasteiger partial charge in [-0.05, 0) is 12.0 Å². The van der Waals surface area contributed by atoms with Gasteiger partial charge in [-0.25, -0.2) is 13.4 Å². The molecule has 0 radical (unpaired) electrons. The number of aryl methyl sites for hydroxylation is 1. The molecule has 0 saturated carbocycles. The highest BCUT2D eigenvalue weighted by molar-refractivity contribution is 7.89. The van der Waals surface area contributed by atoms with Gasteiger partial charge in [0.2, 0.25) is 0 Å². The van der Waals surface area contributed by atoms with Crippen LogP contribution >= 0.6 is 0 Å². The van der Waals surface area contributed by atoms with E-state index in [1.54, 1.807) is 7.05 Å². The molecule has 1 aromatic rings. The summed E-state index contributed by atoms with van der Waals surface area (Å²) in [4.78, 5) is 6.83. The maximum atomic E-state index is 12.3. The number of H-pyrrole nitrogens is 1. The summed E-state index contributed by atoms with van der Waals surface area (Å²) in [5.74, 6) is 0.667. The molecular weight excluding hydrogens is 252 g/mol. The molecule has 0 aromatic carbocycles. The Hall–Kier alpha value is -0.920. The molecule has 7 heteroatoms. The predicted molar refractivity (Wildman–Crippen MR) is 70.6 cm³/mol. The minimum atomic E-state index is -3.51. The second kappa shape index (κ2) is 5.38. The van der Waals surface area contributed by atoms with E-state index < -0.39 is 10.0 Å². The average Bonchev–Trinajstić information content (AvgIpc) is 2.77. The maximum Gasteiger partial charge on any atom is 0.259 e. The van der Waals surface area contributed by atoms with Gasteiger partial charge in [-0.1, -0.05) is 20.8 Å². The van der Waals surface area contributed by atoms with Crippen molar-refractivity contribution in [3.05, 3.63) is 12.0 Å². The molecule has 1 rings (SSSR count). The fourth-order valence-electron chi connectivity index (χ4n) is 1.57. The van der Waals surface area contributed by atoms with Crippen LogP contribution in [0.1, 0.15) is 26.6 Å². The van der Waals surface area contributed by atoms with Crippen molar-refractivity contribution >= 4 is 10.0 Å². The number of nitrogens with one attached hydrogen (secondary N) is 1. The molecule has 0 amide bonds. The van der Waals surface area contributed by atoms with Crippen LogP contribution in [-0.2, 0) is 16.4 Å². The molecule has 0 aliphatic rings. The topological polar surface area (TPSA) is 92.1 Å². The Balaban J connectivity index is 2.93. The molecule has 0 bridgehead atoms. The molecule has 0 unspecified atom stereocenters. The van der Waals surface area contributed by atoms with Crippen molar-refractivity contribution < 1.29 is 8.42 Å². The molecule has 0 atom stereocenters. The molecule has 3 N–H and O–H groups in total. The van der Waals surface area contributed by atoms with Crippen molar-refractivity contribution in [2.24, 2.45) is 11.1 Å². The van der Waals surface area contributed by atoms with E-state index in [9.17, 15) is 8.42 Å². The minimum absolute atomic E-state index is 0.134. The fourth-order valence-corrected chi connectivity index (χ4v) is 2.86. The standard InChI is InChI=1S/C11H22N4O2S/c1-5-9-13-6-10(14-9)18(16,17)15(4)8-11(2,3)7-12/h6H,5,7-8,12H2,1-4H3,(H,13,14). The number of aromatic nitrogens is 2. The third-order valence-corrected chi connectivity index (χ3v) is 4.54. The van der Waals surface area contributed by atoms with E-state index >= 15 is 0 Å². The second-order valence-corrected chi connectivity index (χ2v) is 7.19. The summed E-state index contributed by atoms with van der Waals surface area (Å²) in [6, 6.07) is 0. The normalized spacial score (nSPS) is 13.2. The van der Waals surface area contributed by atoms with Gasteiger partial charge >= 0.3 is 0 Å². The Labute approximate surface area is 109 Å². The molecule has 0 spiro atoms. The van der Waals surface area contributed by atoms with Crippen LogP contribution in [0.2, 0.25) is 0 Å². The number of hydrogen-bond donors (Lipinski definition) is 2. The predicted octanol–water partition coefficient (Wildman–Crippen LogP) is 0.578. The average molecular weight is 274 g/mol. The van der Waals surface area contributed by atoms with Gasteiger partial charge < -0.3 is 10.7 Å². The lowest BCUT2D eigenvalue weighted by Crippen LogP contribution is -2.39. The number of aromatic amines is 1. The van der Waals surface area contributed by atoms with E-state index in [0.29, 0.717) is 25.3 Å². The first-order valence-electron chi connectivity index (χ1n) is 5.93. The van der Waals surface area contributed by atoms with Crippen molar-refractivity contribution in [2.75, 3.05) is 20.1 Å². The summed E-state index contributed by atoms with van der Waals surface area (Å²) >= 11 is 0. The van der Waals surface area contributed by atoms with Crippen LogP contribution in [0.3, 0.4) is 0 Å². The molecule has 0 aliphatic heterocycles. The lowest BCUT2D eigenvalue weighted by atomic mass is 9.94. The Morgan fingerprint density at radius 1 is 1.50 bits per heavy atom. The highest BCUT2D eigenvalue weighted by atomic mass is 32.2. The first-order valence-corrected chi connectivity index (χ1v) is 7.37. The van der Waals surface area contributed by atoms with Crippen molar-refractivity contribution in [2.45, 2.75) is 32.2 Å². The quantitative estimate of drug-likeness (QED) is 0.793. The molecule has 18 heavy (non-hydrogen) atoms. The van der Waals surface area contributed by atoms with Gasteiger partial charge in [-0.15, -0.1) is 0 Å². The highest BCUT2D eigenvalue weighted by Crippen LogP contribution is 2.19. The molecule has 104 valence electrons. The van der Waals surface area contributed by atoms with E-state index in [1.807, 2.05) is 20.8 Å². The van der Waals surface area contributed by atoms with Crippen LogP contribution < -0.4 is 5.73 Å². The van der Waals surface area contributed by atoms with E-state index in [2.05, 4.69) is 9.97 Å². The lowest BCUT2D eigenvalue weighted by Gasteiger charge is -2.27. The number of hydrogen-bond acceptors (Lipinski definition) is 4. The number of rotatable bonds is 6. The molecule has 0 fully saturated rings. The minimum Gasteiger partial charge on any atom is -0.332 e. The molecule has 0 aliphatic carbocycles. The van der Waals surface area contributed by atoms with Crippen molar-refractivity contribution in [3.8, 4) is 0 Å². The third-order valence-electron chi connectivity index (χ3n) is 2.83. The zero-order valence-electron chi connectivity index (χ0n) is 11.4. The Morgan fingerprint density at radius 2 is 2.11 bits per heavy atom. The van der Waals surface area contributed by atoms with Gasteiger partial charge in [0.05, 0.1) is 6.20 Å². The summed E-state index contributed by atoms with van der Waals surface area (Å²) in [5, 5.41) is 0.134. The van der Waals surface area contributed by atoms with Gasteiger partial charge in [0.15, 0.2) is 5.03 Å². The fraction of sp³-hybridized carbons (Fsp3) is 0.727. The largest absolute Gasteiger partial charge is 0.332 e. The van der Waals surface area contributed by atoms with E-state index in [-0.39, 0.29) is 10.4 Å². The summed E-state index contributed by atoms with van der Waals surface area (Å²) in [5.41, 5.74) is 5.37. The van der Waals surface area contributed by atoms with Gasteiger partial charge in [-0.3, -0.25) is 0 Å². The number of nitrogens with two attached hydrogens (primary N) is 1. The zero-order chi connectivity index (χ0) is 14.0. The Morgan fingerprint density at radius 3 is 2.56 bits per heavy atom. The van der Waals surface area contributed by atoms with Crippen LogP contribution in [0, 0.1) is 5.41 Å². The van der Waals surface area contributed by atoms with Crippen LogP contribution in [0.25, 0.3) is 0 Å². The number of nitrogens with zero attached hydrogens (tertiary/aromatic N) is 2. The molecule has 1 aromatic heterocycles. The Kier molecular flexibility index (Phi) is 4.52. The first-order chi connectivity index (χ1) is 8.23. The smallest absolute Gasteiger partial charge is 0.259 e. The first kappa shape index (κ1) is 15.1. The summed E-state index contributed by atoms with van der Waals surface area (Å²) in [7, 11) is -1.96. The molecular formula is C11H22N4O2S. The van der Waals surface area contributed by atoms with Gasteiger partial charge in [-0.2, -0.15) is 4.31 Å². The number of imidazole rings is 1. The summed E-state index contributed by atoms with van der Waals surface area (Å²) < 4.78 is 25.9. The van der Waals surface area contributed by atoms with Gasteiger partial charge in [0.25, 0.3) is 10.0 Å². The Bertz CT molecular complexity index is 493. The monoisotopic (exact) mass is 274 g/mol. The maximum absolute atomic E-state index is 12.3. The van der Waals surface area contributed by atoms with E-state index in [4.69, 9.17) is 5.73 Å². The summed E-state index contributed by atoms with van der Waals surface area (Å²) in [6.07, 6.45) is 2.04. The molecule has 0 saturated heterocycles. The van der Waals surface area contributed by atoms with Crippen LogP contribution in [0.4, 0.5) is 0 Å². The third kappa shape index (κ3) is 3.30. The van der Waals surface area contributed by atoms with Gasteiger partial charge in [0.1, 0.15) is 5.82 Å². The van der Waals surface area contributed by atoms with Crippen LogP contribution in [0.15, 0.2) is 11.2 Å². The highest BCUT2D eigenvalue weighted by Gasteiger charge is 2.28. The molecule has 1 heterocycles. The van der Waals surface area contributed by atoms with Crippen molar-refractivity contribution in [1.29, 1.82) is 0 Å². The van der Waals surface area contributed by atoms with Crippen LogP contribution in [-0.4, -0.2) is 42.8 Å². The van der Waals surface area contributed by atoms with Crippen molar-refractivity contribution in [1.82, 2.24) is 14.3 Å². The lowest BCUT2D eigenvalue weighted by molar-refractivity contribution is 0.291. The van der Waals surface area contributed by atoms with E-state index in [1.165, 1.54) is 10.5 Å². The zero-order valence-corrected chi connectivity index (χ0v) is 12.2. The van der Waals surface area contributed by atoms with E-state index in [0.717, 1.165) is 0 Å². The second-order valence-electron chi connectivity index (χ2n) is 5.18. The van der Waals surface area contributed by atoms with Crippen molar-refractivity contribution in [3.63, 3.8) is 0 Å². The molecule has 6 nitrogen and oxygen atoms in total. The van der Waals surface area contributed by atoms with Gasteiger partial charge in [0, 0.05) is 20.0 Å².